The van der Waals surface area contributed by atoms with E-state index in [1.165, 1.54) is 0 Å². The number of halogens is 1. The van der Waals surface area contributed by atoms with Crippen LogP contribution in [0.25, 0.3) is 33.9 Å². The fraction of sp³-hybridized carbons (Fsp3) is 0.286. The molecule has 3 heterocycles. The van der Waals surface area contributed by atoms with Crippen LogP contribution in [-0.2, 0) is 12.5 Å². The van der Waals surface area contributed by atoms with Crippen LogP contribution in [0, 0.1) is 0 Å². The van der Waals surface area contributed by atoms with Crippen molar-refractivity contribution < 1.29 is 4.74 Å². The van der Waals surface area contributed by atoms with Crippen molar-refractivity contribution in [3.63, 3.8) is 0 Å². The number of ether oxygens (including phenoxy) is 1. The van der Waals surface area contributed by atoms with Gasteiger partial charge >= 0.3 is 0 Å². The van der Waals surface area contributed by atoms with Crippen LogP contribution < -0.4 is 4.74 Å². The summed E-state index contributed by atoms with van der Waals surface area (Å²) in [7, 11) is 3.56. The standard InChI is InChI=1S/C21H22ClN5O/c1-21(2,3)16-11-27(4)19(25-16)18-23-15-10-14(12-8-6-7-9-13(12)22)24-20(28-5)17(15)26-18/h6-11H,1-5H3,(H,23,26). The molecule has 0 aliphatic rings. The normalized spacial score (nSPS) is 11.9. The second-order valence-corrected chi connectivity index (χ2v) is 8.19. The number of nitrogens with one attached hydrogen (secondary N) is 1. The zero-order chi connectivity index (χ0) is 20.1. The number of benzene rings is 1. The summed E-state index contributed by atoms with van der Waals surface area (Å²) in [5, 5.41) is 0.631. The highest BCUT2D eigenvalue weighted by Crippen LogP contribution is 2.33. The van der Waals surface area contributed by atoms with Gasteiger partial charge < -0.3 is 14.3 Å². The molecule has 0 fully saturated rings. The zero-order valence-electron chi connectivity index (χ0n) is 16.5. The Labute approximate surface area is 168 Å². The number of H-pyrrole nitrogens is 1. The molecule has 0 unspecified atom stereocenters. The third-order valence-electron chi connectivity index (χ3n) is 4.64. The van der Waals surface area contributed by atoms with Crippen LogP contribution in [0.4, 0.5) is 0 Å². The first kappa shape index (κ1) is 18.5. The van der Waals surface area contributed by atoms with Gasteiger partial charge in [0.25, 0.3) is 0 Å². The third kappa shape index (κ3) is 3.14. The summed E-state index contributed by atoms with van der Waals surface area (Å²) in [6.07, 6.45) is 2.03. The van der Waals surface area contributed by atoms with E-state index < -0.39 is 0 Å². The molecule has 0 aliphatic heterocycles. The number of pyridine rings is 1. The Morgan fingerprint density at radius 2 is 1.86 bits per heavy atom. The number of aromatic amines is 1. The second-order valence-electron chi connectivity index (χ2n) is 7.79. The van der Waals surface area contributed by atoms with E-state index in [2.05, 4.69) is 30.7 Å². The molecule has 28 heavy (non-hydrogen) atoms. The van der Waals surface area contributed by atoms with E-state index in [0.29, 0.717) is 22.4 Å². The Balaban J connectivity index is 1.88. The molecule has 1 aromatic carbocycles. The summed E-state index contributed by atoms with van der Waals surface area (Å²) in [5.41, 5.74) is 3.99. The van der Waals surface area contributed by atoms with Gasteiger partial charge in [0.05, 0.1) is 24.0 Å². The Bertz CT molecular complexity index is 1170. The minimum Gasteiger partial charge on any atom is -0.479 e. The van der Waals surface area contributed by atoms with Gasteiger partial charge in [-0.05, 0) is 12.1 Å². The van der Waals surface area contributed by atoms with Gasteiger partial charge in [-0.25, -0.2) is 15.0 Å². The van der Waals surface area contributed by atoms with Gasteiger partial charge in [-0.15, -0.1) is 0 Å². The number of hydrogen-bond donors (Lipinski definition) is 1. The number of methoxy groups -OCH3 is 1. The van der Waals surface area contributed by atoms with Crippen LogP contribution in [-0.4, -0.2) is 31.6 Å². The van der Waals surface area contributed by atoms with Gasteiger partial charge in [0, 0.05) is 29.2 Å². The summed E-state index contributed by atoms with van der Waals surface area (Å²) in [5.74, 6) is 1.91. The van der Waals surface area contributed by atoms with Gasteiger partial charge in [-0.1, -0.05) is 50.6 Å². The fourth-order valence-corrected chi connectivity index (χ4v) is 3.32. The number of fused-ring (bicyclic) bond motifs is 1. The van der Waals surface area contributed by atoms with Crippen molar-refractivity contribution in [1.29, 1.82) is 0 Å². The quantitative estimate of drug-likeness (QED) is 0.530. The molecule has 4 aromatic rings. The lowest BCUT2D eigenvalue weighted by Gasteiger charge is -2.13. The molecule has 0 aliphatic carbocycles. The molecule has 0 saturated carbocycles. The van der Waals surface area contributed by atoms with Crippen molar-refractivity contribution in [1.82, 2.24) is 24.5 Å². The van der Waals surface area contributed by atoms with Crippen LogP contribution in [0.3, 0.4) is 0 Å². The van der Waals surface area contributed by atoms with Gasteiger partial charge in [0.15, 0.2) is 11.6 Å². The molecule has 0 spiro atoms. The van der Waals surface area contributed by atoms with Gasteiger partial charge in [0.2, 0.25) is 5.88 Å². The Kier molecular flexibility index (Phi) is 4.38. The maximum Gasteiger partial charge on any atom is 0.240 e. The molecule has 0 atom stereocenters. The molecule has 6 nitrogen and oxygen atoms in total. The number of imidazole rings is 2. The highest BCUT2D eigenvalue weighted by atomic mass is 35.5. The van der Waals surface area contributed by atoms with Crippen LogP contribution in [0.15, 0.2) is 36.5 Å². The van der Waals surface area contributed by atoms with E-state index in [-0.39, 0.29) is 5.41 Å². The van der Waals surface area contributed by atoms with E-state index in [4.69, 9.17) is 26.3 Å². The number of aryl methyl sites for hydroxylation is 1. The molecule has 7 heteroatoms. The average Bonchev–Trinajstić information content (AvgIpc) is 3.24. The van der Waals surface area contributed by atoms with Crippen molar-refractivity contribution in [2.24, 2.45) is 7.05 Å². The molecule has 0 radical (unpaired) electrons. The fourth-order valence-electron chi connectivity index (χ4n) is 3.09. The van der Waals surface area contributed by atoms with E-state index in [0.717, 1.165) is 28.1 Å². The number of hydrogen-bond acceptors (Lipinski definition) is 4. The number of nitrogens with zero attached hydrogens (tertiary/aromatic N) is 4. The van der Waals surface area contributed by atoms with Gasteiger partial charge in [-0.3, -0.25) is 0 Å². The maximum absolute atomic E-state index is 6.35. The highest BCUT2D eigenvalue weighted by molar-refractivity contribution is 6.33. The third-order valence-corrected chi connectivity index (χ3v) is 4.97. The maximum atomic E-state index is 6.35. The smallest absolute Gasteiger partial charge is 0.240 e. The van der Waals surface area contributed by atoms with Gasteiger partial charge in [-0.2, -0.15) is 0 Å². The largest absolute Gasteiger partial charge is 0.479 e. The second kappa shape index (κ2) is 6.63. The molecule has 144 valence electrons. The first-order valence-corrected chi connectivity index (χ1v) is 9.39. The molecular formula is C21H22ClN5O. The summed E-state index contributed by atoms with van der Waals surface area (Å²) in [6, 6.07) is 9.50. The van der Waals surface area contributed by atoms with Crippen molar-refractivity contribution in [3.05, 3.63) is 47.2 Å². The van der Waals surface area contributed by atoms with Crippen LogP contribution in [0.2, 0.25) is 5.02 Å². The Morgan fingerprint density at radius 3 is 2.50 bits per heavy atom. The monoisotopic (exact) mass is 395 g/mol. The van der Waals surface area contributed by atoms with Crippen molar-refractivity contribution in [2.45, 2.75) is 26.2 Å². The highest BCUT2D eigenvalue weighted by Gasteiger charge is 2.22. The molecule has 1 N–H and O–H groups in total. The Hall–Kier alpha value is -2.86. The topological polar surface area (TPSA) is 68.6 Å². The predicted molar refractivity (Wildman–Crippen MR) is 112 cm³/mol. The SMILES string of the molecule is COc1nc(-c2ccccc2Cl)cc2nc(-c3nc(C(C)(C)C)cn3C)[nH]c12. The van der Waals surface area contributed by atoms with E-state index in [1.807, 2.05) is 48.1 Å². The lowest BCUT2D eigenvalue weighted by Crippen LogP contribution is -2.11. The van der Waals surface area contributed by atoms with Crippen molar-refractivity contribution in [3.8, 4) is 28.8 Å². The first-order chi connectivity index (χ1) is 13.3. The molecular weight excluding hydrogens is 374 g/mol. The number of aromatic nitrogens is 5. The van der Waals surface area contributed by atoms with Crippen LogP contribution >= 0.6 is 11.6 Å². The van der Waals surface area contributed by atoms with E-state index >= 15 is 0 Å². The molecule has 0 bridgehead atoms. The van der Waals surface area contributed by atoms with Gasteiger partial charge in [0.1, 0.15) is 5.52 Å². The zero-order valence-corrected chi connectivity index (χ0v) is 17.3. The summed E-state index contributed by atoms with van der Waals surface area (Å²) in [6.45, 7) is 6.42. The molecule has 4 rings (SSSR count). The molecule has 3 aromatic heterocycles. The lowest BCUT2D eigenvalue weighted by atomic mass is 9.93. The summed E-state index contributed by atoms with van der Waals surface area (Å²) < 4.78 is 7.50. The van der Waals surface area contributed by atoms with E-state index in [1.54, 1.807) is 7.11 Å². The molecule has 0 amide bonds. The Morgan fingerprint density at radius 1 is 1.11 bits per heavy atom. The predicted octanol–water partition coefficient (Wildman–Crippen LogP) is 4.98. The van der Waals surface area contributed by atoms with Crippen molar-refractivity contribution >= 4 is 22.6 Å². The van der Waals surface area contributed by atoms with Crippen LogP contribution in [0.1, 0.15) is 26.5 Å². The minimum atomic E-state index is -0.0432. The average molecular weight is 396 g/mol. The first-order valence-electron chi connectivity index (χ1n) is 9.02. The van der Waals surface area contributed by atoms with Crippen LogP contribution in [0.5, 0.6) is 5.88 Å². The summed E-state index contributed by atoms with van der Waals surface area (Å²) in [4.78, 5) is 17.5. The summed E-state index contributed by atoms with van der Waals surface area (Å²) >= 11 is 6.35. The van der Waals surface area contributed by atoms with E-state index in [9.17, 15) is 0 Å². The minimum absolute atomic E-state index is 0.0432. The molecule has 0 saturated heterocycles. The number of rotatable bonds is 3. The lowest BCUT2D eigenvalue weighted by molar-refractivity contribution is 0.403. The van der Waals surface area contributed by atoms with Crippen molar-refractivity contribution in [2.75, 3.05) is 7.11 Å².